The average molecular weight is 415 g/mol. The van der Waals surface area contributed by atoms with Gasteiger partial charge in [0.1, 0.15) is 5.75 Å². The molecule has 1 aromatic carbocycles. The minimum atomic E-state index is 0.885. The smallest absolute Gasteiger partial charge is 0.122 e. The SMILES string of the molecule is CCCCCCCCCCc1ccccc1OCCCCCCCCC1CCCC1. The topological polar surface area (TPSA) is 9.23 Å². The van der Waals surface area contributed by atoms with E-state index in [-0.39, 0.29) is 0 Å². The van der Waals surface area contributed by atoms with Crippen LogP contribution >= 0.6 is 0 Å². The van der Waals surface area contributed by atoms with E-state index >= 15 is 0 Å². The number of hydrogen-bond donors (Lipinski definition) is 0. The summed E-state index contributed by atoms with van der Waals surface area (Å²) in [6, 6.07) is 8.72. The van der Waals surface area contributed by atoms with Gasteiger partial charge in [-0.2, -0.15) is 0 Å². The second kappa shape index (κ2) is 17.7. The summed E-state index contributed by atoms with van der Waals surface area (Å²) in [6.07, 6.45) is 28.0. The molecule has 0 spiro atoms. The fourth-order valence-electron chi connectivity index (χ4n) is 5.02. The summed E-state index contributed by atoms with van der Waals surface area (Å²) in [5.74, 6) is 2.21. The van der Waals surface area contributed by atoms with Crippen LogP contribution < -0.4 is 4.74 Å². The van der Waals surface area contributed by atoms with Crippen molar-refractivity contribution in [2.75, 3.05) is 6.61 Å². The number of rotatable bonds is 19. The minimum absolute atomic E-state index is 0.885. The first-order chi connectivity index (χ1) is 14.9. The Bertz CT molecular complexity index is 503. The molecule has 1 aliphatic carbocycles. The van der Waals surface area contributed by atoms with Gasteiger partial charge in [-0.1, -0.05) is 134 Å². The zero-order valence-corrected chi connectivity index (χ0v) is 20.1. The van der Waals surface area contributed by atoms with Gasteiger partial charge in [0.25, 0.3) is 0 Å². The highest BCUT2D eigenvalue weighted by Gasteiger charge is 2.13. The second-order valence-corrected chi connectivity index (χ2v) is 9.74. The van der Waals surface area contributed by atoms with Gasteiger partial charge < -0.3 is 4.74 Å². The van der Waals surface area contributed by atoms with Gasteiger partial charge >= 0.3 is 0 Å². The van der Waals surface area contributed by atoms with Crippen LogP contribution in [0.4, 0.5) is 0 Å². The molecule has 1 fully saturated rings. The maximum atomic E-state index is 6.15. The molecule has 0 atom stereocenters. The van der Waals surface area contributed by atoms with E-state index < -0.39 is 0 Å². The Balaban J connectivity index is 1.45. The number of ether oxygens (including phenoxy) is 1. The second-order valence-electron chi connectivity index (χ2n) is 9.74. The molecule has 0 bridgehead atoms. The molecular weight excluding hydrogens is 364 g/mol. The van der Waals surface area contributed by atoms with Crippen LogP contribution in [0.3, 0.4) is 0 Å². The third-order valence-corrected chi connectivity index (χ3v) is 7.01. The number of aryl methyl sites for hydroxylation is 1. The third-order valence-electron chi connectivity index (χ3n) is 7.01. The summed E-state index contributed by atoms with van der Waals surface area (Å²) >= 11 is 0. The number of unbranched alkanes of at least 4 members (excludes halogenated alkanes) is 12. The predicted molar refractivity (Wildman–Crippen MR) is 133 cm³/mol. The van der Waals surface area contributed by atoms with Crippen molar-refractivity contribution in [3.05, 3.63) is 29.8 Å². The molecule has 0 saturated heterocycles. The molecule has 0 aromatic heterocycles. The van der Waals surface area contributed by atoms with Crippen molar-refractivity contribution in [2.45, 2.75) is 135 Å². The fourth-order valence-corrected chi connectivity index (χ4v) is 5.02. The predicted octanol–water partition coefficient (Wildman–Crippen LogP) is 9.67. The quantitative estimate of drug-likeness (QED) is 0.205. The van der Waals surface area contributed by atoms with Crippen LogP contribution in [0.1, 0.15) is 134 Å². The van der Waals surface area contributed by atoms with Gasteiger partial charge in [-0.05, 0) is 36.8 Å². The molecule has 0 heterocycles. The molecule has 1 nitrogen and oxygen atoms in total. The van der Waals surface area contributed by atoms with Crippen molar-refractivity contribution in [1.29, 1.82) is 0 Å². The lowest BCUT2D eigenvalue weighted by atomic mass is 9.99. The Hall–Kier alpha value is -0.980. The summed E-state index contributed by atoms with van der Waals surface area (Å²) in [5, 5.41) is 0. The van der Waals surface area contributed by atoms with Crippen molar-refractivity contribution in [1.82, 2.24) is 0 Å². The van der Waals surface area contributed by atoms with E-state index in [1.165, 1.54) is 134 Å². The van der Waals surface area contributed by atoms with Gasteiger partial charge in [0, 0.05) is 0 Å². The minimum Gasteiger partial charge on any atom is -0.493 e. The van der Waals surface area contributed by atoms with Crippen LogP contribution in [0.2, 0.25) is 0 Å². The van der Waals surface area contributed by atoms with Crippen LogP contribution in [0.15, 0.2) is 24.3 Å². The van der Waals surface area contributed by atoms with E-state index in [4.69, 9.17) is 4.74 Å². The number of benzene rings is 1. The van der Waals surface area contributed by atoms with Crippen molar-refractivity contribution in [2.24, 2.45) is 5.92 Å². The lowest BCUT2D eigenvalue weighted by Crippen LogP contribution is -2.00. The van der Waals surface area contributed by atoms with Crippen LogP contribution in [0, 0.1) is 5.92 Å². The Morgan fingerprint density at radius 3 is 2.03 bits per heavy atom. The van der Waals surface area contributed by atoms with Gasteiger partial charge in [0.2, 0.25) is 0 Å². The molecule has 1 saturated carbocycles. The fraction of sp³-hybridized carbons (Fsp3) is 0.793. The normalized spacial score (nSPS) is 14.4. The molecule has 1 heteroatoms. The molecule has 1 aromatic rings. The van der Waals surface area contributed by atoms with Crippen molar-refractivity contribution in [3.63, 3.8) is 0 Å². The van der Waals surface area contributed by atoms with Crippen molar-refractivity contribution in [3.8, 4) is 5.75 Å². The van der Waals surface area contributed by atoms with Crippen LogP contribution in [-0.2, 0) is 6.42 Å². The summed E-state index contributed by atoms with van der Waals surface area (Å²) in [5.41, 5.74) is 1.41. The van der Waals surface area contributed by atoms with E-state index in [2.05, 4.69) is 31.2 Å². The molecule has 0 amide bonds. The molecule has 0 unspecified atom stereocenters. The van der Waals surface area contributed by atoms with Crippen molar-refractivity contribution < 1.29 is 4.74 Å². The summed E-state index contributed by atoms with van der Waals surface area (Å²) in [6.45, 7) is 3.18. The van der Waals surface area contributed by atoms with E-state index in [1.807, 2.05) is 0 Å². The Kier molecular flexibility index (Phi) is 14.9. The summed E-state index contributed by atoms with van der Waals surface area (Å²) in [4.78, 5) is 0. The van der Waals surface area contributed by atoms with Gasteiger partial charge in [0.15, 0.2) is 0 Å². The molecule has 1 aliphatic rings. The molecule has 0 aliphatic heterocycles. The zero-order valence-electron chi connectivity index (χ0n) is 20.1. The lowest BCUT2D eigenvalue weighted by molar-refractivity contribution is 0.301. The van der Waals surface area contributed by atoms with Gasteiger partial charge in [-0.25, -0.2) is 0 Å². The number of para-hydroxylation sites is 1. The third kappa shape index (κ3) is 12.0. The first kappa shape index (κ1) is 25.3. The first-order valence-electron chi connectivity index (χ1n) is 13.6. The number of hydrogen-bond acceptors (Lipinski definition) is 1. The van der Waals surface area contributed by atoms with Crippen LogP contribution in [0.25, 0.3) is 0 Å². The van der Waals surface area contributed by atoms with Gasteiger partial charge in [-0.3, -0.25) is 0 Å². The summed E-state index contributed by atoms with van der Waals surface area (Å²) < 4.78 is 6.15. The summed E-state index contributed by atoms with van der Waals surface area (Å²) in [7, 11) is 0. The van der Waals surface area contributed by atoms with Gasteiger partial charge in [-0.15, -0.1) is 0 Å². The standard InChI is InChI=1S/C29H50O/c1-2-3-4-5-6-7-11-14-23-28-24-17-18-25-29(28)30-26-19-12-9-8-10-13-20-27-21-15-16-22-27/h17-18,24-25,27H,2-16,19-23,26H2,1H3. The maximum Gasteiger partial charge on any atom is 0.122 e. The monoisotopic (exact) mass is 414 g/mol. The highest BCUT2D eigenvalue weighted by Crippen LogP contribution is 2.29. The van der Waals surface area contributed by atoms with E-state index in [9.17, 15) is 0 Å². The highest BCUT2D eigenvalue weighted by molar-refractivity contribution is 5.33. The Morgan fingerprint density at radius 2 is 1.30 bits per heavy atom. The Labute approximate surface area is 188 Å². The average Bonchev–Trinajstić information content (AvgIpc) is 3.29. The molecule has 2 rings (SSSR count). The molecule has 172 valence electrons. The van der Waals surface area contributed by atoms with Crippen LogP contribution in [-0.4, -0.2) is 6.61 Å². The molecule has 0 N–H and O–H groups in total. The largest absolute Gasteiger partial charge is 0.493 e. The van der Waals surface area contributed by atoms with Crippen molar-refractivity contribution >= 4 is 0 Å². The molecule has 30 heavy (non-hydrogen) atoms. The van der Waals surface area contributed by atoms with E-state index in [0.29, 0.717) is 0 Å². The van der Waals surface area contributed by atoms with Crippen LogP contribution in [0.5, 0.6) is 5.75 Å². The lowest BCUT2D eigenvalue weighted by Gasteiger charge is -2.12. The van der Waals surface area contributed by atoms with E-state index in [1.54, 1.807) is 0 Å². The zero-order chi connectivity index (χ0) is 21.1. The van der Waals surface area contributed by atoms with Gasteiger partial charge in [0.05, 0.1) is 6.61 Å². The van der Waals surface area contributed by atoms with E-state index in [0.717, 1.165) is 18.3 Å². The molecular formula is C29H50O. The Morgan fingerprint density at radius 1 is 0.700 bits per heavy atom. The molecule has 0 radical (unpaired) electrons. The maximum absolute atomic E-state index is 6.15. The highest BCUT2D eigenvalue weighted by atomic mass is 16.5. The first-order valence-corrected chi connectivity index (χ1v) is 13.6.